The topological polar surface area (TPSA) is 73.0 Å². The Hall–Kier alpha value is -2.48. The highest BCUT2D eigenvalue weighted by atomic mass is 19.1. The molecule has 3 heterocycles. The van der Waals surface area contributed by atoms with Gasteiger partial charge in [0.1, 0.15) is 6.04 Å². The molecule has 1 aromatic carbocycles. The van der Waals surface area contributed by atoms with Crippen LogP contribution in [0.4, 0.5) is 10.1 Å². The van der Waals surface area contributed by atoms with Crippen molar-refractivity contribution >= 4 is 23.4 Å². The summed E-state index contributed by atoms with van der Waals surface area (Å²) in [5, 5.41) is 2.28. The average molecular weight is 429 g/mol. The number of nitrogens with one attached hydrogen (secondary N) is 1. The highest BCUT2D eigenvalue weighted by molar-refractivity contribution is 6.05. The zero-order valence-electron chi connectivity index (χ0n) is 17.9. The van der Waals surface area contributed by atoms with Crippen molar-refractivity contribution in [3.05, 3.63) is 29.1 Å². The highest BCUT2D eigenvalue weighted by Gasteiger charge is 2.42. The molecule has 1 atom stereocenters. The van der Waals surface area contributed by atoms with Crippen molar-refractivity contribution in [1.29, 1.82) is 0 Å². The number of amides is 3. The number of fused-ring (bicyclic) bond motifs is 1. The highest BCUT2D eigenvalue weighted by Crippen LogP contribution is 2.36. The van der Waals surface area contributed by atoms with Crippen LogP contribution in [0, 0.1) is 5.82 Å². The van der Waals surface area contributed by atoms with E-state index in [-0.39, 0.29) is 37.0 Å². The van der Waals surface area contributed by atoms with Gasteiger partial charge in [-0.05, 0) is 38.4 Å². The molecule has 0 radical (unpaired) electrons. The van der Waals surface area contributed by atoms with Gasteiger partial charge in [-0.1, -0.05) is 19.3 Å². The summed E-state index contributed by atoms with van der Waals surface area (Å²) in [4.78, 5) is 42.4. The van der Waals surface area contributed by atoms with Crippen molar-refractivity contribution in [2.24, 2.45) is 0 Å². The first-order chi connectivity index (χ1) is 14.9. The van der Waals surface area contributed by atoms with Crippen LogP contribution in [0.15, 0.2) is 12.1 Å². The summed E-state index contributed by atoms with van der Waals surface area (Å²) >= 11 is 0. The van der Waals surface area contributed by atoms with Gasteiger partial charge in [0.05, 0.1) is 12.2 Å². The number of hydrogen-bond donors (Lipinski definition) is 1. The molecule has 1 N–H and O–H groups in total. The van der Waals surface area contributed by atoms with Gasteiger partial charge in [0.2, 0.25) is 11.8 Å². The molecule has 8 heteroatoms. The standard InChI is InChI=1S/C23H29FN4O3/c1-26(14-5-3-2-4-6-14)15-11-27(12-15)18-8-7-16-17(21(18)24)13-28(23(16)31)19-9-10-20(29)25-22(19)30/h7-8,14-15,19H,2-6,9-13H2,1H3,(H,25,29,30). The minimum Gasteiger partial charge on any atom is -0.366 e. The Morgan fingerprint density at radius 3 is 2.48 bits per heavy atom. The van der Waals surface area contributed by atoms with Crippen LogP contribution in [-0.4, -0.2) is 65.8 Å². The Labute approximate surface area is 181 Å². The van der Waals surface area contributed by atoms with Crippen molar-refractivity contribution in [2.45, 2.75) is 69.6 Å². The number of hydrogen-bond acceptors (Lipinski definition) is 5. The molecular weight excluding hydrogens is 399 g/mol. The number of likely N-dealkylation sites (N-methyl/N-ethyl adjacent to an activating group) is 1. The Balaban J connectivity index is 1.28. The predicted molar refractivity (Wildman–Crippen MR) is 113 cm³/mol. The molecule has 1 aromatic rings. The Bertz CT molecular complexity index is 924. The van der Waals surface area contributed by atoms with Crippen LogP contribution in [0.2, 0.25) is 0 Å². The van der Waals surface area contributed by atoms with Crippen molar-refractivity contribution in [2.75, 3.05) is 25.0 Å². The zero-order chi connectivity index (χ0) is 21.7. The molecule has 31 heavy (non-hydrogen) atoms. The molecule has 2 saturated heterocycles. The Morgan fingerprint density at radius 2 is 1.77 bits per heavy atom. The number of carbonyl (C=O) groups is 3. The molecule has 3 amide bonds. The van der Waals surface area contributed by atoms with Gasteiger partial charge in [-0.25, -0.2) is 4.39 Å². The Kier molecular flexibility index (Phi) is 5.20. The number of halogens is 1. The molecule has 0 spiro atoms. The average Bonchev–Trinajstić information content (AvgIpc) is 3.06. The number of benzene rings is 1. The maximum Gasteiger partial charge on any atom is 0.255 e. The van der Waals surface area contributed by atoms with E-state index in [9.17, 15) is 14.4 Å². The minimum atomic E-state index is -0.724. The zero-order valence-corrected chi connectivity index (χ0v) is 17.9. The summed E-state index contributed by atoms with van der Waals surface area (Å²) in [7, 11) is 2.19. The first-order valence-electron chi connectivity index (χ1n) is 11.4. The fourth-order valence-electron chi connectivity index (χ4n) is 5.53. The molecule has 166 valence electrons. The summed E-state index contributed by atoms with van der Waals surface area (Å²) in [5.74, 6) is -1.51. The van der Waals surface area contributed by atoms with E-state index in [1.165, 1.54) is 37.0 Å². The number of imide groups is 1. The van der Waals surface area contributed by atoms with E-state index in [1.807, 2.05) is 4.90 Å². The van der Waals surface area contributed by atoms with E-state index >= 15 is 4.39 Å². The number of piperidine rings is 1. The largest absolute Gasteiger partial charge is 0.366 e. The van der Waals surface area contributed by atoms with Crippen LogP contribution in [0.25, 0.3) is 0 Å². The monoisotopic (exact) mass is 428 g/mol. The lowest BCUT2D eigenvalue weighted by atomic mass is 9.92. The summed E-state index contributed by atoms with van der Waals surface area (Å²) in [6.45, 7) is 1.64. The number of anilines is 1. The minimum absolute atomic E-state index is 0.0688. The molecule has 0 bridgehead atoms. The number of rotatable bonds is 4. The van der Waals surface area contributed by atoms with Crippen molar-refractivity contribution in [3.8, 4) is 0 Å². The van der Waals surface area contributed by atoms with Crippen LogP contribution in [0.5, 0.6) is 0 Å². The molecule has 1 aliphatic carbocycles. The Morgan fingerprint density at radius 1 is 1.03 bits per heavy atom. The van der Waals surface area contributed by atoms with Crippen molar-refractivity contribution in [1.82, 2.24) is 15.1 Å². The fourth-order valence-corrected chi connectivity index (χ4v) is 5.53. The van der Waals surface area contributed by atoms with Crippen molar-refractivity contribution in [3.63, 3.8) is 0 Å². The van der Waals surface area contributed by atoms with Gasteiger partial charge in [-0.15, -0.1) is 0 Å². The van der Waals surface area contributed by atoms with E-state index in [4.69, 9.17) is 0 Å². The lowest BCUT2D eigenvalue weighted by Gasteiger charge is -2.48. The van der Waals surface area contributed by atoms with E-state index in [2.05, 4.69) is 17.3 Å². The van der Waals surface area contributed by atoms with E-state index in [1.54, 1.807) is 12.1 Å². The summed E-state index contributed by atoms with van der Waals surface area (Å²) in [6, 6.07) is 3.71. The maximum atomic E-state index is 15.4. The van der Waals surface area contributed by atoms with Gasteiger partial charge in [0.15, 0.2) is 5.82 Å². The van der Waals surface area contributed by atoms with E-state index < -0.39 is 11.9 Å². The van der Waals surface area contributed by atoms with Gasteiger partial charge in [-0.2, -0.15) is 0 Å². The smallest absolute Gasteiger partial charge is 0.255 e. The quantitative estimate of drug-likeness (QED) is 0.743. The molecule has 3 aliphatic heterocycles. The van der Waals surface area contributed by atoms with Gasteiger partial charge >= 0.3 is 0 Å². The SMILES string of the molecule is CN(C1CCCCC1)C1CN(c2ccc3c(c2F)CN(C2CCC(=O)NC2=O)C3=O)C1. The molecule has 7 nitrogen and oxygen atoms in total. The normalized spacial score (nSPS) is 25.1. The molecule has 1 unspecified atom stereocenters. The second-order valence-electron chi connectivity index (χ2n) is 9.34. The van der Waals surface area contributed by atoms with Gasteiger partial charge < -0.3 is 9.80 Å². The third kappa shape index (κ3) is 3.50. The number of nitrogens with zero attached hydrogens (tertiary/aromatic N) is 3. The second kappa shape index (κ2) is 7.89. The molecular formula is C23H29FN4O3. The van der Waals surface area contributed by atoms with Crippen LogP contribution < -0.4 is 10.2 Å². The predicted octanol–water partition coefficient (Wildman–Crippen LogP) is 2.04. The van der Waals surface area contributed by atoms with Crippen LogP contribution in [0.1, 0.15) is 60.9 Å². The first kappa shape index (κ1) is 20.4. The van der Waals surface area contributed by atoms with Gasteiger partial charge in [-0.3, -0.25) is 24.6 Å². The van der Waals surface area contributed by atoms with Crippen LogP contribution in [-0.2, 0) is 16.1 Å². The van der Waals surface area contributed by atoms with E-state index in [0.717, 1.165) is 13.1 Å². The second-order valence-corrected chi connectivity index (χ2v) is 9.34. The summed E-state index contributed by atoms with van der Waals surface area (Å²) in [6.07, 6.45) is 6.88. The van der Waals surface area contributed by atoms with Crippen LogP contribution >= 0.6 is 0 Å². The summed E-state index contributed by atoms with van der Waals surface area (Å²) in [5.41, 5.74) is 1.21. The fraction of sp³-hybridized carbons (Fsp3) is 0.609. The molecule has 3 fully saturated rings. The van der Waals surface area contributed by atoms with E-state index in [0.29, 0.717) is 28.9 Å². The maximum absolute atomic E-state index is 15.4. The lowest BCUT2D eigenvalue weighted by molar-refractivity contribution is -0.136. The molecule has 4 aliphatic rings. The van der Waals surface area contributed by atoms with Gasteiger partial charge in [0, 0.05) is 42.7 Å². The van der Waals surface area contributed by atoms with Crippen molar-refractivity contribution < 1.29 is 18.8 Å². The number of carbonyl (C=O) groups excluding carboxylic acids is 3. The van der Waals surface area contributed by atoms with Crippen LogP contribution in [0.3, 0.4) is 0 Å². The van der Waals surface area contributed by atoms with Gasteiger partial charge in [0.25, 0.3) is 5.91 Å². The third-order valence-corrected chi connectivity index (χ3v) is 7.56. The first-order valence-corrected chi connectivity index (χ1v) is 11.4. The summed E-state index contributed by atoms with van der Waals surface area (Å²) < 4.78 is 15.4. The molecule has 5 rings (SSSR count). The molecule has 1 saturated carbocycles. The lowest BCUT2D eigenvalue weighted by Crippen LogP contribution is -2.61. The molecule has 0 aromatic heterocycles. The third-order valence-electron chi connectivity index (χ3n) is 7.56.